The van der Waals surface area contributed by atoms with Gasteiger partial charge in [-0.2, -0.15) is 0 Å². The van der Waals surface area contributed by atoms with Crippen LogP contribution in [0.1, 0.15) is 10.4 Å². The topological polar surface area (TPSA) is 26.3 Å². The first kappa shape index (κ1) is 12.7. The highest BCUT2D eigenvalue weighted by molar-refractivity contribution is 7.98. The predicted octanol–water partition coefficient (Wildman–Crippen LogP) is 3.86. The Bertz CT molecular complexity index is 564. The molecule has 0 heterocycles. The van der Waals surface area contributed by atoms with E-state index in [1.165, 1.54) is 12.0 Å². The number of carbonyl (C=O) groups is 1. The monoisotopic (exact) mass is 258 g/mol. The van der Waals surface area contributed by atoms with Crippen molar-refractivity contribution >= 4 is 17.7 Å². The number of hydrogen-bond donors (Lipinski definition) is 0. The normalized spacial score (nSPS) is 10.1. The molecule has 0 spiro atoms. The highest BCUT2D eigenvalue weighted by atomic mass is 32.2. The van der Waals surface area contributed by atoms with Gasteiger partial charge in [0.15, 0.2) is 0 Å². The van der Waals surface area contributed by atoms with Gasteiger partial charge in [0, 0.05) is 4.90 Å². The number of ether oxygens (including phenoxy) is 1. The fourth-order valence-corrected chi connectivity index (χ4v) is 2.44. The van der Waals surface area contributed by atoms with Gasteiger partial charge in [0.2, 0.25) is 0 Å². The Morgan fingerprint density at radius 2 is 1.89 bits per heavy atom. The lowest BCUT2D eigenvalue weighted by Crippen LogP contribution is -2.00. The zero-order chi connectivity index (χ0) is 13.0. The zero-order valence-corrected chi connectivity index (χ0v) is 11.2. The van der Waals surface area contributed by atoms with E-state index in [2.05, 4.69) is 12.1 Å². The fraction of sp³-hybridized carbons (Fsp3) is 0.133. The average Bonchev–Trinajstić information content (AvgIpc) is 2.46. The fourth-order valence-electron chi connectivity index (χ4n) is 1.81. The van der Waals surface area contributed by atoms with Crippen molar-refractivity contribution in [2.24, 2.45) is 0 Å². The van der Waals surface area contributed by atoms with Crippen LogP contribution in [0.4, 0.5) is 0 Å². The van der Waals surface area contributed by atoms with E-state index in [1.54, 1.807) is 17.8 Å². The first-order chi connectivity index (χ1) is 8.76. The smallest absolute Gasteiger partial charge is 0.337 e. The SMILES string of the molecule is COC(=O)c1cccc(-c2ccccc2SC)c1. The summed E-state index contributed by atoms with van der Waals surface area (Å²) in [7, 11) is 1.39. The highest BCUT2D eigenvalue weighted by Crippen LogP contribution is 2.30. The van der Waals surface area contributed by atoms with Gasteiger partial charge in [0.05, 0.1) is 12.7 Å². The van der Waals surface area contributed by atoms with Crippen molar-refractivity contribution in [1.29, 1.82) is 0 Å². The van der Waals surface area contributed by atoms with Crippen molar-refractivity contribution in [2.75, 3.05) is 13.4 Å². The standard InChI is InChI=1S/C15H14O2S/c1-17-15(16)12-7-5-6-11(10-12)13-8-3-4-9-14(13)18-2/h3-10H,1-2H3. The molecule has 0 saturated heterocycles. The van der Waals surface area contributed by atoms with Gasteiger partial charge in [-0.15, -0.1) is 11.8 Å². The quantitative estimate of drug-likeness (QED) is 0.617. The summed E-state index contributed by atoms with van der Waals surface area (Å²) in [5.74, 6) is -0.307. The van der Waals surface area contributed by atoms with Crippen LogP contribution < -0.4 is 0 Å². The van der Waals surface area contributed by atoms with Crippen molar-refractivity contribution in [2.45, 2.75) is 4.90 Å². The second kappa shape index (κ2) is 5.74. The van der Waals surface area contributed by atoms with E-state index in [1.807, 2.05) is 36.6 Å². The molecular weight excluding hydrogens is 244 g/mol. The second-order valence-corrected chi connectivity index (χ2v) is 4.62. The number of esters is 1. The molecule has 0 bridgehead atoms. The molecule has 0 aliphatic carbocycles. The Morgan fingerprint density at radius 1 is 1.11 bits per heavy atom. The predicted molar refractivity (Wildman–Crippen MR) is 75.0 cm³/mol. The number of thioether (sulfide) groups is 1. The molecule has 92 valence electrons. The summed E-state index contributed by atoms with van der Waals surface area (Å²) in [6, 6.07) is 15.6. The molecule has 0 atom stereocenters. The van der Waals surface area contributed by atoms with E-state index in [9.17, 15) is 4.79 Å². The molecule has 0 saturated carbocycles. The van der Waals surface area contributed by atoms with Gasteiger partial charge in [-0.3, -0.25) is 0 Å². The van der Waals surface area contributed by atoms with Crippen molar-refractivity contribution in [3.05, 3.63) is 54.1 Å². The summed E-state index contributed by atoms with van der Waals surface area (Å²) in [6.07, 6.45) is 2.04. The van der Waals surface area contributed by atoms with Crippen LogP contribution in [0.3, 0.4) is 0 Å². The second-order valence-electron chi connectivity index (χ2n) is 3.77. The summed E-state index contributed by atoms with van der Waals surface area (Å²) in [4.78, 5) is 12.7. The minimum atomic E-state index is -0.307. The summed E-state index contributed by atoms with van der Waals surface area (Å²) in [6.45, 7) is 0. The Hall–Kier alpha value is -1.74. The van der Waals surface area contributed by atoms with E-state index in [-0.39, 0.29) is 5.97 Å². The third-order valence-electron chi connectivity index (χ3n) is 2.70. The van der Waals surface area contributed by atoms with E-state index in [4.69, 9.17) is 4.74 Å². The maximum Gasteiger partial charge on any atom is 0.337 e. The summed E-state index contributed by atoms with van der Waals surface area (Å²) in [5.41, 5.74) is 2.74. The van der Waals surface area contributed by atoms with Crippen LogP contribution in [0.15, 0.2) is 53.4 Å². The molecule has 2 rings (SSSR count). The van der Waals surface area contributed by atoms with Crippen molar-refractivity contribution in [3.63, 3.8) is 0 Å². The average molecular weight is 258 g/mol. The van der Waals surface area contributed by atoms with Crippen LogP contribution in [0, 0.1) is 0 Å². The van der Waals surface area contributed by atoms with Crippen LogP contribution in [0.2, 0.25) is 0 Å². The lowest BCUT2D eigenvalue weighted by molar-refractivity contribution is 0.0601. The van der Waals surface area contributed by atoms with Crippen LogP contribution in [0.5, 0.6) is 0 Å². The van der Waals surface area contributed by atoms with Gasteiger partial charge < -0.3 is 4.74 Å². The molecule has 3 heteroatoms. The summed E-state index contributed by atoms with van der Waals surface area (Å²) >= 11 is 1.69. The molecule has 0 amide bonds. The third-order valence-corrected chi connectivity index (χ3v) is 3.50. The molecule has 0 radical (unpaired) electrons. The highest BCUT2D eigenvalue weighted by Gasteiger charge is 2.08. The Kier molecular flexibility index (Phi) is 4.05. The molecule has 0 aliphatic rings. The molecule has 0 N–H and O–H groups in total. The minimum absolute atomic E-state index is 0.307. The molecule has 2 nitrogen and oxygen atoms in total. The largest absolute Gasteiger partial charge is 0.465 e. The number of rotatable bonds is 3. The molecule has 2 aromatic carbocycles. The third kappa shape index (κ3) is 2.57. The van der Waals surface area contributed by atoms with Gasteiger partial charge in [-0.05, 0) is 35.6 Å². The van der Waals surface area contributed by atoms with Gasteiger partial charge in [-0.1, -0.05) is 30.3 Å². The van der Waals surface area contributed by atoms with Crippen LogP contribution >= 0.6 is 11.8 Å². The first-order valence-electron chi connectivity index (χ1n) is 5.58. The molecular formula is C15H14O2S. The van der Waals surface area contributed by atoms with E-state index in [0.717, 1.165) is 11.1 Å². The number of benzene rings is 2. The Labute approximate surface area is 111 Å². The molecule has 18 heavy (non-hydrogen) atoms. The first-order valence-corrected chi connectivity index (χ1v) is 6.80. The number of methoxy groups -OCH3 is 1. The van der Waals surface area contributed by atoms with Gasteiger partial charge in [0.25, 0.3) is 0 Å². The zero-order valence-electron chi connectivity index (χ0n) is 10.3. The van der Waals surface area contributed by atoms with Crippen molar-refractivity contribution < 1.29 is 9.53 Å². The number of carbonyl (C=O) groups excluding carboxylic acids is 1. The van der Waals surface area contributed by atoms with E-state index < -0.39 is 0 Å². The Morgan fingerprint density at radius 3 is 2.61 bits per heavy atom. The molecule has 0 unspecified atom stereocenters. The lowest BCUT2D eigenvalue weighted by Gasteiger charge is -2.08. The van der Waals surface area contributed by atoms with Gasteiger partial charge >= 0.3 is 5.97 Å². The summed E-state index contributed by atoms with van der Waals surface area (Å²) < 4.78 is 4.74. The van der Waals surface area contributed by atoms with Crippen LogP contribution in [-0.2, 0) is 4.74 Å². The van der Waals surface area contributed by atoms with Crippen LogP contribution in [-0.4, -0.2) is 19.3 Å². The van der Waals surface area contributed by atoms with E-state index in [0.29, 0.717) is 5.56 Å². The maximum absolute atomic E-state index is 11.5. The van der Waals surface area contributed by atoms with Gasteiger partial charge in [-0.25, -0.2) is 4.79 Å². The summed E-state index contributed by atoms with van der Waals surface area (Å²) in [5, 5.41) is 0. The van der Waals surface area contributed by atoms with Crippen LogP contribution in [0.25, 0.3) is 11.1 Å². The lowest BCUT2D eigenvalue weighted by atomic mass is 10.0. The van der Waals surface area contributed by atoms with Gasteiger partial charge in [0.1, 0.15) is 0 Å². The minimum Gasteiger partial charge on any atom is -0.465 e. The van der Waals surface area contributed by atoms with Crippen molar-refractivity contribution in [1.82, 2.24) is 0 Å². The maximum atomic E-state index is 11.5. The van der Waals surface area contributed by atoms with Crippen molar-refractivity contribution in [3.8, 4) is 11.1 Å². The molecule has 2 aromatic rings. The van der Waals surface area contributed by atoms with E-state index >= 15 is 0 Å². The Balaban J connectivity index is 2.48. The number of hydrogen-bond acceptors (Lipinski definition) is 3. The molecule has 0 aromatic heterocycles. The molecule has 0 aliphatic heterocycles. The molecule has 0 fully saturated rings.